The molecule has 0 aliphatic heterocycles. The van der Waals surface area contributed by atoms with E-state index in [0.29, 0.717) is 0 Å². The molecule has 6 nitrogen and oxygen atoms in total. The van der Waals surface area contributed by atoms with Gasteiger partial charge in [-0.15, -0.1) is 0 Å². The zero-order chi connectivity index (χ0) is 81.3. The third-order valence-electron chi connectivity index (χ3n) is 25.1. The lowest BCUT2D eigenvalue weighted by Crippen LogP contribution is -1.98. The molecule has 0 spiro atoms. The number of rotatable bonds is 10. The number of benzene rings is 19. The standard InChI is InChI=1S/C45H28N2.C39H26N2.C33H22N2/c1-2-12-28(13-3-1)30-19-10-20-35-36-21-11-22-38(42(36)27-41(30)35)45-46-43-23-9-8-18-39(43)44(47-45)29-24-25-37-33-16-5-4-14-31(33)32-15-6-7-17-34(32)40(37)26-29;1-3-11-26(12-4-1)27-21-23-29(24-22-27)38-34-15-7-8-20-37(34)40-39(41-38)33-19-10-18-32-31-17-9-16-30(35(31)25-36(32)33)28-13-5-2-6-14-28;1-3-11-22(12-4-1)24-16-9-17-25-26-18-10-19-27(30(26)21-29(24)25)33-34-31-20-8-7-15-28(31)32(35-33)23-13-5-2-6-14-23/h1-26H,27H2;1-24H,25H2;1-20H,21H2. The molecule has 0 bridgehead atoms. The Bertz CT molecular complexity index is 7890. The van der Waals surface area contributed by atoms with Gasteiger partial charge in [-0.2, -0.15) is 0 Å². The van der Waals surface area contributed by atoms with Gasteiger partial charge in [0.25, 0.3) is 0 Å². The smallest absolute Gasteiger partial charge is 0.160 e. The first-order valence-corrected chi connectivity index (χ1v) is 42.3. The number of hydrogen-bond donors (Lipinski definition) is 0. The van der Waals surface area contributed by atoms with Crippen LogP contribution in [0.25, 0.3) is 211 Å². The van der Waals surface area contributed by atoms with Crippen molar-refractivity contribution < 1.29 is 0 Å². The number of hydrogen-bond acceptors (Lipinski definition) is 6. The summed E-state index contributed by atoms with van der Waals surface area (Å²) in [6, 6.07) is 151. The Morgan fingerprint density at radius 2 is 0.350 bits per heavy atom. The maximum atomic E-state index is 5.40. The Hall–Kier alpha value is -16.0. The molecule has 25 rings (SSSR count). The molecule has 0 saturated carbocycles. The van der Waals surface area contributed by atoms with Crippen molar-refractivity contribution in [2.24, 2.45) is 0 Å². The van der Waals surface area contributed by atoms with Crippen LogP contribution in [0.1, 0.15) is 33.4 Å². The Labute approximate surface area is 713 Å². The van der Waals surface area contributed by atoms with Gasteiger partial charge in [-0.05, 0) is 168 Å². The zero-order valence-electron chi connectivity index (χ0n) is 67.2. The number of para-hydroxylation sites is 3. The number of aromatic nitrogens is 6. The van der Waals surface area contributed by atoms with Crippen molar-refractivity contribution in [1.82, 2.24) is 29.9 Å². The van der Waals surface area contributed by atoms with Gasteiger partial charge < -0.3 is 0 Å². The molecule has 19 aromatic carbocycles. The summed E-state index contributed by atoms with van der Waals surface area (Å²) in [5.74, 6) is 2.33. The van der Waals surface area contributed by atoms with Gasteiger partial charge in [0.05, 0.1) is 33.6 Å². The lowest BCUT2D eigenvalue weighted by atomic mass is 9.92. The van der Waals surface area contributed by atoms with Crippen molar-refractivity contribution in [2.75, 3.05) is 0 Å². The average molecular weight is 1570 g/mol. The normalized spacial score (nSPS) is 12.0. The van der Waals surface area contributed by atoms with E-state index in [9.17, 15) is 0 Å². The second kappa shape index (κ2) is 30.7. The molecule has 123 heavy (non-hydrogen) atoms. The predicted molar refractivity (Wildman–Crippen MR) is 510 cm³/mol. The molecular weight excluding hydrogens is 1490 g/mol. The van der Waals surface area contributed by atoms with Crippen molar-refractivity contribution in [3.8, 4) is 146 Å². The van der Waals surface area contributed by atoms with E-state index in [4.69, 9.17) is 29.9 Å². The molecule has 0 N–H and O–H groups in total. The molecule has 0 atom stereocenters. The lowest BCUT2D eigenvalue weighted by molar-refractivity contribution is 1.19. The highest BCUT2D eigenvalue weighted by Crippen LogP contribution is 2.50. The van der Waals surface area contributed by atoms with E-state index >= 15 is 0 Å². The topological polar surface area (TPSA) is 77.3 Å². The molecule has 3 aliphatic rings. The largest absolute Gasteiger partial charge is 0.228 e. The van der Waals surface area contributed by atoms with Crippen LogP contribution in [-0.4, -0.2) is 29.9 Å². The minimum atomic E-state index is 0.771. The molecular formula is C117H76N6. The SMILES string of the molecule is c1ccc(-c2ccc(-c3nc(-c4cccc5c4Cc4c(-c6ccccc6)cccc4-5)nc4ccccc34)cc2)cc1.c1ccc(-c2cccc3c2Cc2c(-c4nc(-c5ccc6c7ccccc7c7ccccc7c6c5)c5ccccc5n4)cccc2-3)cc1.c1ccc(-c2cccc3c2Cc2c(-c4nc(-c5ccccc5)c5ccccc5n4)cccc2-3)cc1. The van der Waals surface area contributed by atoms with Crippen LogP contribution in [0.15, 0.2) is 425 Å². The molecule has 6 heteroatoms. The van der Waals surface area contributed by atoms with Crippen molar-refractivity contribution in [3.63, 3.8) is 0 Å². The first-order valence-electron chi connectivity index (χ1n) is 42.3. The van der Waals surface area contributed by atoms with E-state index in [-0.39, 0.29) is 0 Å². The summed E-state index contributed by atoms with van der Waals surface area (Å²) >= 11 is 0. The van der Waals surface area contributed by atoms with Crippen LogP contribution in [-0.2, 0) is 19.3 Å². The van der Waals surface area contributed by atoms with E-state index in [1.165, 1.54) is 144 Å². The highest BCUT2D eigenvalue weighted by molar-refractivity contribution is 6.26. The third-order valence-corrected chi connectivity index (χ3v) is 25.1. The van der Waals surface area contributed by atoms with Crippen LogP contribution >= 0.6 is 0 Å². The van der Waals surface area contributed by atoms with Gasteiger partial charge in [0.1, 0.15) is 0 Å². The third kappa shape index (κ3) is 12.9. The molecule has 0 amide bonds. The van der Waals surface area contributed by atoms with E-state index in [1.807, 2.05) is 18.2 Å². The molecule has 3 aromatic heterocycles. The van der Waals surface area contributed by atoms with Crippen molar-refractivity contribution in [1.29, 1.82) is 0 Å². The maximum Gasteiger partial charge on any atom is 0.160 e. The van der Waals surface area contributed by atoms with E-state index in [1.54, 1.807) is 0 Å². The molecule has 0 radical (unpaired) electrons. The van der Waals surface area contributed by atoms with Gasteiger partial charge in [0.2, 0.25) is 0 Å². The van der Waals surface area contributed by atoms with Gasteiger partial charge in [0, 0.05) is 68.8 Å². The first kappa shape index (κ1) is 72.2. The van der Waals surface area contributed by atoms with Gasteiger partial charge in [-0.25, -0.2) is 29.9 Å². The molecule has 0 saturated heterocycles. The summed E-state index contributed by atoms with van der Waals surface area (Å²) in [5.41, 5.74) is 38.2. The summed E-state index contributed by atoms with van der Waals surface area (Å²) in [6.45, 7) is 0. The van der Waals surface area contributed by atoms with Gasteiger partial charge in [-0.3, -0.25) is 0 Å². The second-order valence-electron chi connectivity index (χ2n) is 32.0. The Morgan fingerprint density at radius 3 is 0.691 bits per heavy atom. The molecule has 574 valence electrons. The van der Waals surface area contributed by atoms with Crippen LogP contribution in [0.2, 0.25) is 0 Å². The fourth-order valence-electron chi connectivity index (χ4n) is 19.4. The Morgan fingerprint density at radius 1 is 0.130 bits per heavy atom. The zero-order valence-corrected chi connectivity index (χ0v) is 67.2. The van der Waals surface area contributed by atoms with E-state index in [0.717, 1.165) is 120 Å². The van der Waals surface area contributed by atoms with Crippen molar-refractivity contribution in [2.45, 2.75) is 19.3 Å². The van der Waals surface area contributed by atoms with Gasteiger partial charge in [-0.1, -0.05) is 400 Å². The van der Waals surface area contributed by atoms with Crippen molar-refractivity contribution in [3.05, 3.63) is 458 Å². The maximum absolute atomic E-state index is 5.40. The highest BCUT2D eigenvalue weighted by Gasteiger charge is 2.30. The van der Waals surface area contributed by atoms with Crippen LogP contribution in [0, 0.1) is 0 Å². The van der Waals surface area contributed by atoms with Crippen LogP contribution in [0.3, 0.4) is 0 Å². The highest BCUT2D eigenvalue weighted by atomic mass is 14.9. The van der Waals surface area contributed by atoms with Crippen LogP contribution < -0.4 is 0 Å². The molecule has 22 aromatic rings. The molecule has 3 aliphatic carbocycles. The average Bonchev–Trinajstić information content (AvgIpc) is 1.69. The lowest BCUT2D eigenvalue weighted by Gasteiger charge is -2.14. The summed E-state index contributed by atoms with van der Waals surface area (Å²) < 4.78 is 0. The fourth-order valence-corrected chi connectivity index (χ4v) is 19.4. The van der Waals surface area contributed by atoms with Crippen LogP contribution in [0.4, 0.5) is 0 Å². The van der Waals surface area contributed by atoms with E-state index in [2.05, 4.69) is 406 Å². The summed E-state index contributed by atoms with van der Waals surface area (Å²) in [7, 11) is 0. The predicted octanol–water partition coefficient (Wildman–Crippen LogP) is 29.7. The summed E-state index contributed by atoms with van der Waals surface area (Å²) in [5, 5.41) is 10.8. The van der Waals surface area contributed by atoms with Crippen LogP contribution in [0.5, 0.6) is 0 Å². The van der Waals surface area contributed by atoms with Gasteiger partial charge >= 0.3 is 0 Å². The Balaban J connectivity index is 0.000000108. The van der Waals surface area contributed by atoms with Gasteiger partial charge in [0.15, 0.2) is 17.5 Å². The first-order chi connectivity index (χ1) is 61.0. The molecule has 3 heterocycles. The number of nitrogens with zero attached hydrogens (tertiary/aromatic N) is 6. The summed E-state index contributed by atoms with van der Waals surface area (Å²) in [4.78, 5) is 31.1. The summed E-state index contributed by atoms with van der Waals surface area (Å²) in [6.07, 6.45) is 2.60. The van der Waals surface area contributed by atoms with E-state index < -0.39 is 0 Å². The minimum Gasteiger partial charge on any atom is -0.228 e. The molecule has 0 fully saturated rings. The monoisotopic (exact) mass is 1560 g/mol. The Kier molecular flexibility index (Phi) is 18.0. The fraction of sp³-hybridized carbons (Fsp3) is 0.0256. The molecule has 0 unspecified atom stereocenters. The second-order valence-corrected chi connectivity index (χ2v) is 32.0. The quantitative estimate of drug-likeness (QED) is 0.127. The number of fused-ring (bicyclic) bond motifs is 18. The van der Waals surface area contributed by atoms with Crippen molar-refractivity contribution >= 4 is 65.0 Å². The minimum absolute atomic E-state index is 0.771.